The first kappa shape index (κ1) is 79.6. The zero-order valence-electron chi connectivity index (χ0n) is 67.1. The zero-order chi connectivity index (χ0) is 76.3. The molecule has 554 valence electrons. The van der Waals surface area contributed by atoms with Gasteiger partial charge in [0.05, 0.1) is 12.2 Å². The van der Waals surface area contributed by atoms with Gasteiger partial charge in [0.1, 0.15) is 85.1 Å². The zero-order valence-corrected chi connectivity index (χ0v) is 67.8. The lowest BCUT2D eigenvalue weighted by Crippen LogP contribution is -2.17. The van der Waals surface area contributed by atoms with Crippen LogP contribution in [0.4, 0.5) is 5.82 Å². The smallest absolute Gasteiger partial charge is 0.341 e. The minimum Gasteiger partial charge on any atom is -0.489 e. The van der Waals surface area contributed by atoms with Crippen molar-refractivity contribution < 1.29 is 38.0 Å². The molecular formula is C92H116ClN3O8. The maximum absolute atomic E-state index is 12.8. The molecule has 0 unspecified atom stereocenters. The van der Waals surface area contributed by atoms with Crippen molar-refractivity contribution in [2.24, 2.45) is 0 Å². The van der Waals surface area contributed by atoms with Gasteiger partial charge in [-0.3, -0.25) is 0 Å². The fourth-order valence-electron chi connectivity index (χ4n) is 11.9. The molecular weight excluding hydrogens is 1310 g/mol. The molecule has 0 saturated heterocycles. The van der Waals surface area contributed by atoms with Crippen LogP contribution in [0.25, 0.3) is 11.0 Å². The Morgan fingerprint density at radius 2 is 0.577 bits per heavy atom. The Labute approximate surface area is 627 Å². The number of carbonyl (C=O) groups is 1. The SMILES string of the molecule is CCOC(=O)c1cc2ccc(NCc3cc(OCc4cc(OCc5cc(C(C)(C)C)cc(C(C)(C)C)c5)cc(OCc5cc(C(C)(C)C)cc(C(C)(C)C)c5)c4)cc(OCc4cc(OCc5cc(C(C)(C)C)cc(C(C)(C)C)c5)cc(OCc5cc(C(C)(C)C)cc(C(C)(C)C)c5)c4)c3)nc2nc1Cl. The van der Waals surface area contributed by atoms with E-state index in [2.05, 4.69) is 249 Å². The van der Waals surface area contributed by atoms with E-state index in [1.54, 1.807) is 13.0 Å². The second-order valence-electron chi connectivity index (χ2n) is 36.5. The van der Waals surface area contributed by atoms with Crippen LogP contribution in [-0.4, -0.2) is 22.5 Å². The van der Waals surface area contributed by atoms with Crippen molar-refractivity contribution in [1.29, 1.82) is 0 Å². The Balaban J connectivity index is 1.08. The third-order valence-electron chi connectivity index (χ3n) is 18.8. The van der Waals surface area contributed by atoms with Crippen LogP contribution in [0.2, 0.25) is 5.15 Å². The molecule has 9 aromatic rings. The molecule has 0 aliphatic rings. The van der Waals surface area contributed by atoms with Crippen LogP contribution >= 0.6 is 11.6 Å². The standard InChI is InChI=1S/C92H116ClN3O8/c1-26-98-84(97)80-43-65-27-28-81(95-83(65)96-82(80)93)94-51-58-37-74(103-56-63-39-76(99-52-59-29-66(85(2,3)4)44-67(30-59)86(5,6)7)49-77(40-63)100-53-60-31-68(87(8,9)10)45-69(32-60)88(11,12)13)48-75(38-58)104-57-64-41-78(101-54-61-33-70(89(14,15)16)46-71(34-61)90(17,18)19)50-79(42-64)102-55-62-35-72(91(20,21)22)47-73(36-62)92(23,24)25/h27-50H,26,51-57H2,1-25H3,(H,94,95,96). The average molecular weight is 1430 g/mol. The van der Waals surface area contributed by atoms with Crippen LogP contribution in [0.3, 0.4) is 0 Å². The van der Waals surface area contributed by atoms with Crippen LogP contribution in [0.5, 0.6) is 34.5 Å². The van der Waals surface area contributed by atoms with Crippen LogP contribution in [0.15, 0.2) is 146 Å². The number of nitrogens with zero attached hydrogens (tertiary/aromatic N) is 2. The van der Waals surface area contributed by atoms with Crippen molar-refractivity contribution in [3.8, 4) is 34.5 Å². The first-order chi connectivity index (χ1) is 48.2. The molecule has 11 nitrogen and oxygen atoms in total. The van der Waals surface area contributed by atoms with Gasteiger partial charge in [-0.25, -0.2) is 14.8 Å². The number of benzene rings is 7. The van der Waals surface area contributed by atoms with E-state index in [-0.39, 0.29) is 73.9 Å². The van der Waals surface area contributed by atoms with Crippen molar-refractivity contribution in [2.45, 2.75) is 263 Å². The summed E-state index contributed by atoms with van der Waals surface area (Å²) in [5, 5.41) is 4.16. The quantitative estimate of drug-likeness (QED) is 0.0487. The highest BCUT2D eigenvalue weighted by atomic mass is 35.5. The molecule has 0 amide bonds. The molecule has 9 rings (SSSR count). The molecule has 0 aliphatic carbocycles. The number of fused-ring (bicyclic) bond motifs is 1. The lowest BCUT2D eigenvalue weighted by Gasteiger charge is -2.26. The number of esters is 1. The van der Waals surface area contributed by atoms with E-state index in [1.165, 1.54) is 44.5 Å². The van der Waals surface area contributed by atoms with Crippen molar-refractivity contribution in [3.05, 3.63) is 240 Å². The van der Waals surface area contributed by atoms with Gasteiger partial charge >= 0.3 is 5.97 Å². The van der Waals surface area contributed by atoms with Gasteiger partial charge in [0, 0.05) is 30.1 Å². The van der Waals surface area contributed by atoms with E-state index in [0.29, 0.717) is 84.3 Å². The minimum atomic E-state index is -0.543. The second kappa shape index (κ2) is 31.3. The number of aromatic nitrogens is 2. The predicted octanol–water partition coefficient (Wildman–Crippen LogP) is 23.9. The van der Waals surface area contributed by atoms with Crippen molar-refractivity contribution in [1.82, 2.24) is 9.97 Å². The molecule has 0 fully saturated rings. The number of hydrogen-bond acceptors (Lipinski definition) is 11. The van der Waals surface area contributed by atoms with Gasteiger partial charge in [0.15, 0.2) is 5.65 Å². The van der Waals surface area contributed by atoms with Crippen LogP contribution < -0.4 is 33.7 Å². The summed E-state index contributed by atoms with van der Waals surface area (Å²) in [6, 6.07) is 50.9. The average Bonchev–Trinajstić information content (AvgIpc) is 0.829. The van der Waals surface area contributed by atoms with Crippen molar-refractivity contribution >= 4 is 34.4 Å². The first-order valence-corrected chi connectivity index (χ1v) is 37.3. The number of carbonyl (C=O) groups excluding carboxylic acids is 1. The molecule has 2 aromatic heterocycles. The molecule has 2 heterocycles. The number of rotatable bonds is 23. The first-order valence-electron chi connectivity index (χ1n) is 36.9. The largest absolute Gasteiger partial charge is 0.489 e. The number of halogens is 1. The maximum atomic E-state index is 12.8. The summed E-state index contributed by atoms with van der Waals surface area (Å²) in [4.78, 5) is 22.1. The number of pyridine rings is 2. The molecule has 0 radical (unpaired) electrons. The maximum Gasteiger partial charge on any atom is 0.341 e. The molecule has 12 heteroatoms. The number of nitrogens with one attached hydrogen (secondary N) is 1. The fraction of sp³-hybridized carbons (Fsp3) is 0.446. The Kier molecular flexibility index (Phi) is 23.9. The van der Waals surface area contributed by atoms with Gasteiger partial charge in [0.2, 0.25) is 0 Å². The van der Waals surface area contributed by atoms with Crippen LogP contribution in [0.1, 0.15) is 267 Å². The molecule has 104 heavy (non-hydrogen) atoms. The van der Waals surface area contributed by atoms with Gasteiger partial charge in [-0.1, -0.05) is 251 Å². The second-order valence-corrected chi connectivity index (χ2v) is 36.8. The third-order valence-corrected chi connectivity index (χ3v) is 19.0. The van der Waals surface area contributed by atoms with Gasteiger partial charge in [-0.05, 0) is 188 Å². The highest BCUT2D eigenvalue weighted by molar-refractivity contribution is 6.32. The highest BCUT2D eigenvalue weighted by Crippen LogP contribution is 2.38. The van der Waals surface area contributed by atoms with Crippen molar-refractivity contribution in [2.75, 3.05) is 11.9 Å². The lowest BCUT2D eigenvalue weighted by atomic mass is 9.79. The normalized spacial score (nSPS) is 12.7. The molecule has 0 saturated carbocycles. The van der Waals surface area contributed by atoms with Gasteiger partial charge < -0.3 is 38.5 Å². The van der Waals surface area contributed by atoms with E-state index < -0.39 is 5.97 Å². The summed E-state index contributed by atoms with van der Waals surface area (Å²) >= 11 is 6.56. The van der Waals surface area contributed by atoms with E-state index in [0.717, 1.165) is 38.9 Å². The Morgan fingerprint density at radius 1 is 0.327 bits per heavy atom. The fourth-order valence-corrected chi connectivity index (χ4v) is 12.1. The topological polar surface area (TPSA) is 119 Å². The van der Waals surface area contributed by atoms with Crippen LogP contribution in [-0.2, 0) is 94.2 Å². The summed E-state index contributed by atoms with van der Waals surface area (Å²) in [7, 11) is 0. The number of ether oxygens (including phenoxy) is 7. The summed E-state index contributed by atoms with van der Waals surface area (Å²) in [5.74, 6) is 3.78. The third kappa shape index (κ3) is 22.0. The molecule has 1 N–H and O–H groups in total. The van der Waals surface area contributed by atoms with E-state index >= 15 is 0 Å². The van der Waals surface area contributed by atoms with Crippen LogP contribution in [0, 0.1) is 0 Å². The summed E-state index contributed by atoms with van der Waals surface area (Å²) in [5.41, 5.74) is 17.1. The summed E-state index contributed by atoms with van der Waals surface area (Å²) in [6.45, 7) is 58.2. The van der Waals surface area contributed by atoms with Gasteiger partial charge in [-0.2, -0.15) is 0 Å². The summed E-state index contributed by atoms with van der Waals surface area (Å²) < 4.78 is 46.4. The lowest BCUT2D eigenvalue weighted by molar-refractivity contribution is 0.0526. The Bertz CT molecular complexity index is 3980. The number of hydrogen-bond donors (Lipinski definition) is 1. The molecule has 0 spiro atoms. The van der Waals surface area contributed by atoms with Crippen molar-refractivity contribution in [3.63, 3.8) is 0 Å². The Morgan fingerprint density at radius 3 is 0.827 bits per heavy atom. The monoisotopic (exact) mass is 1430 g/mol. The van der Waals surface area contributed by atoms with Gasteiger partial charge in [0.25, 0.3) is 0 Å². The van der Waals surface area contributed by atoms with E-state index in [4.69, 9.17) is 49.7 Å². The van der Waals surface area contributed by atoms with E-state index in [1.807, 2.05) is 66.7 Å². The van der Waals surface area contributed by atoms with Gasteiger partial charge in [-0.15, -0.1) is 0 Å². The molecule has 0 bridgehead atoms. The molecule has 0 aliphatic heterocycles. The highest BCUT2D eigenvalue weighted by Gasteiger charge is 2.27. The molecule has 7 aromatic carbocycles. The number of anilines is 1. The predicted molar refractivity (Wildman–Crippen MR) is 429 cm³/mol. The molecule has 0 atom stereocenters. The minimum absolute atomic E-state index is 0.0149. The Hall–Kier alpha value is -8.54. The van der Waals surface area contributed by atoms with E-state index in [9.17, 15) is 4.79 Å². The summed E-state index contributed by atoms with van der Waals surface area (Å²) in [6.07, 6.45) is 0.